The molecule has 29 heavy (non-hydrogen) atoms. The van der Waals surface area contributed by atoms with Crippen LogP contribution >= 0.6 is 0 Å². The van der Waals surface area contributed by atoms with Gasteiger partial charge in [-0.15, -0.1) is 0 Å². The van der Waals surface area contributed by atoms with Gasteiger partial charge in [-0.05, 0) is 36.5 Å². The second kappa shape index (κ2) is 10.6. The molecule has 0 bridgehead atoms. The number of morpholine rings is 1. The van der Waals surface area contributed by atoms with Gasteiger partial charge < -0.3 is 20.3 Å². The second-order valence-electron chi connectivity index (χ2n) is 8.39. The Morgan fingerprint density at radius 3 is 2.69 bits per heavy atom. The molecule has 0 radical (unpaired) electrons. The van der Waals surface area contributed by atoms with E-state index in [-0.39, 0.29) is 11.9 Å². The number of hydrogen-bond acceptors (Lipinski definition) is 4. The Morgan fingerprint density at radius 2 is 2.00 bits per heavy atom. The van der Waals surface area contributed by atoms with Crippen molar-refractivity contribution in [2.75, 3.05) is 44.7 Å². The lowest BCUT2D eigenvalue weighted by Gasteiger charge is -2.35. The van der Waals surface area contributed by atoms with E-state index in [2.05, 4.69) is 29.4 Å². The van der Waals surface area contributed by atoms with Gasteiger partial charge in [-0.3, -0.25) is 9.69 Å². The largest absolute Gasteiger partial charge is 0.379 e. The molecule has 7 heteroatoms. The highest BCUT2D eigenvalue weighted by Crippen LogP contribution is 2.17. The lowest BCUT2D eigenvalue weighted by atomic mass is 10.0. The zero-order chi connectivity index (χ0) is 20.6. The first-order valence-electron chi connectivity index (χ1n) is 10.7. The number of ether oxygens (including phenoxy) is 1. The summed E-state index contributed by atoms with van der Waals surface area (Å²) in [6.07, 6.45) is 2.61. The van der Waals surface area contributed by atoms with Crippen molar-refractivity contribution in [3.63, 3.8) is 0 Å². The standard InChI is InChI=1S/C22H34N4O3/c1-17(2)13-20(25-9-11-29-12-10-25)15-23-22(28)24-19-6-3-5-18(14-19)16-26-8-4-7-21(26)27/h3,5-6,14,17,20H,4,7-13,15-16H2,1-2H3,(H2,23,24,28). The Kier molecular flexibility index (Phi) is 7.89. The van der Waals surface area contributed by atoms with E-state index < -0.39 is 0 Å². The van der Waals surface area contributed by atoms with Gasteiger partial charge in [-0.25, -0.2) is 4.79 Å². The van der Waals surface area contributed by atoms with Gasteiger partial charge in [0.25, 0.3) is 0 Å². The highest BCUT2D eigenvalue weighted by Gasteiger charge is 2.23. The summed E-state index contributed by atoms with van der Waals surface area (Å²) >= 11 is 0. The third-order valence-corrected chi connectivity index (χ3v) is 5.53. The summed E-state index contributed by atoms with van der Waals surface area (Å²) in [7, 11) is 0. The molecule has 0 saturated carbocycles. The van der Waals surface area contributed by atoms with Crippen LogP contribution in [-0.2, 0) is 16.1 Å². The molecule has 160 valence electrons. The normalized spacial score (nSPS) is 18.9. The van der Waals surface area contributed by atoms with Crippen LogP contribution in [0.2, 0.25) is 0 Å². The predicted octanol–water partition coefficient (Wildman–Crippen LogP) is 2.68. The number of urea groups is 1. The van der Waals surface area contributed by atoms with E-state index in [4.69, 9.17) is 4.74 Å². The van der Waals surface area contributed by atoms with Crippen molar-refractivity contribution in [2.45, 2.75) is 45.7 Å². The van der Waals surface area contributed by atoms with Crippen LogP contribution < -0.4 is 10.6 Å². The van der Waals surface area contributed by atoms with Crippen LogP contribution in [-0.4, -0.2) is 67.2 Å². The topological polar surface area (TPSA) is 73.9 Å². The molecular formula is C22H34N4O3. The van der Waals surface area contributed by atoms with Crippen LogP contribution in [0.3, 0.4) is 0 Å². The Balaban J connectivity index is 1.51. The minimum atomic E-state index is -0.193. The van der Waals surface area contributed by atoms with Crippen LogP contribution in [0.1, 0.15) is 38.7 Å². The molecule has 2 fully saturated rings. The van der Waals surface area contributed by atoms with Crippen molar-refractivity contribution in [1.29, 1.82) is 0 Å². The smallest absolute Gasteiger partial charge is 0.319 e. The van der Waals surface area contributed by atoms with Gasteiger partial charge in [0.1, 0.15) is 0 Å². The molecule has 7 nitrogen and oxygen atoms in total. The van der Waals surface area contributed by atoms with Crippen molar-refractivity contribution < 1.29 is 14.3 Å². The average Bonchev–Trinajstić information content (AvgIpc) is 3.10. The quantitative estimate of drug-likeness (QED) is 0.701. The van der Waals surface area contributed by atoms with E-state index in [1.165, 1.54) is 0 Å². The van der Waals surface area contributed by atoms with E-state index in [1.54, 1.807) is 0 Å². The van der Waals surface area contributed by atoms with Crippen LogP contribution in [0, 0.1) is 5.92 Å². The van der Waals surface area contributed by atoms with Crippen LogP contribution in [0.5, 0.6) is 0 Å². The summed E-state index contributed by atoms with van der Waals surface area (Å²) in [5, 5.41) is 5.97. The first-order valence-corrected chi connectivity index (χ1v) is 10.7. The van der Waals surface area contributed by atoms with Crippen LogP contribution in [0.25, 0.3) is 0 Å². The fourth-order valence-corrected chi connectivity index (χ4v) is 4.07. The maximum absolute atomic E-state index is 12.5. The number of likely N-dealkylation sites (tertiary alicyclic amines) is 1. The van der Waals surface area contributed by atoms with Gasteiger partial charge in [0, 0.05) is 50.9 Å². The zero-order valence-electron chi connectivity index (χ0n) is 17.7. The Bertz CT molecular complexity index is 688. The average molecular weight is 403 g/mol. The van der Waals surface area contributed by atoms with Crippen molar-refractivity contribution in [3.8, 4) is 0 Å². The van der Waals surface area contributed by atoms with E-state index in [0.29, 0.717) is 31.5 Å². The summed E-state index contributed by atoms with van der Waals surface area (Å²) in [4.78, 5) is 28.6. The SMILES string of the molecule is CC(C)CC(CNC(=O)Nc1cccc(CN2CCCC2=O)c1)N1CCOCC1. The molecule has 1 unspecified atom stereocenters. The Labute approximate surface area is 173 Å². The maximum Gasteiger partial charge on any atom is 0.319 e. The van der Waals surface area contributed by atoms with Gasteiger partial charge >= 0.3 is 6.03 Å². The number of hydrogen-bond donors (Lipinski definition) is 2. The molecule has 1 aromatic carbocycles. The van der Waals surface area contributed by atoms with E-state index >= 15 is 0 Å². The number of nitrogens with one attached hydrogen (secondary N) is 2. The minimum absolute atomic E-state index is 0.193. The van der Waals surface area contributed by atoms with Crippen LogP contribution in [0.15, 0.2) is 24.3 Å². The third-order valence-electron chi connectivity index (χ3n) is 5.53. The number of anilines is 1. The summed E-state index contributed by atoms with van der Waals surface area (Å²) in [6, 6.07) is 7.85. The molecule has 2 N–H and O–H groups in total. The lowest BCUT2D eigenvalue weighted by Crippen LogP contribution is -2.49. The van der Waals surface area contributed by atoms with Crippen LogP contribution in [0.4, 0.5) is 10.5 Å². The number of benzene rings is 1. The number of nitrogens with zero attached hydrogens (tertiary/aromatic N) is 2. The molecule has 1 atom stereocenters. The second-order valence-corrected chi connectivity index (χ2v) is 8.39. The van der Waals surface area contributed by atoms with Crippen molar-refractivity contribution in [2.24, 2.45) is 5.92 Å². The molecule has 0 spiro atoms. The number of rotatable bonds is 8. The van der Waals surface area contributed by atoms with Gasteiger partial charge in [-0.1, -0.05) is 26.0 Å². The van der Waals surface area contributed by atoms with E-state index in [1.807, 2.05) is 29.2 Å². The first-order chi connectivity index (χ1) is 14.0. The molecular weight excluding hydrogens is 368 g/mol. The molecule has 3 amide bonds. The number of amides is 3. The molecule has 0 aromatic heterocycles. The molecule has 2 heterocycles. The number of carbonyl (C=O) groups is 2. The molecule has 3 rings (SSSR count). The van der Waals surface area contributed by atoms with Crippen molar-refractivity contribution in [1.82, 2.24) is 15.1 Å². The van der Waals surface area contributed by atoms with Gasteiger partial charge in [0.05, 0.1) is 13.2 Å². The monoisotopic (exact) mass is 402 g/mol. The van der Waals surface area contributed by atoms with E-state index in [0.717, 1.165) is 56.9 Å². The summed E-state index contributed by atoms with van der Waals surface area (Å²) < 4.78 is 5.46. The van der Waals surface area contributed by atoms with E-state index in [9.17, 15) is 9.59 Å². The summed E-state index contributed by atoms with van der Waals surface area (Å²) in [5.41, 5.74) is 1.78. The molecule has 2 aliphatic heterocycles. The fraction of sp³-hybridized carbons (Fsp3) is 0.636. The van der Waals surface area contributed by atoms with Gasteiger partial charge in [0.15, 0.2) is 0 Å². The molecule has 0 aliphatic carbocycles. The maximum atomic E-state index is 12.5. The minimum Gasteiger partial charge on any atom is -0.379 e. The van der Waals surface area contributed by atoms with Crippen molar-refractivity contribution >= 4 is 17.6 Å². The molecule has 2 saturated heterocycles. The summed E-state index contributed by atoms with van der Waals surface area (Å²) in [6.45, 7) is 9.80. The number of carbonyl (C=O) groups excluding carboxylic acids is 2. The first kappa shape index (κ1) is 21.6. The molecule has 2 aliphatic rings. The molecule has 1 aromatic rings. The third kappa shape index (κ3) is 6.72. The summed E-state index contributed by atoms with van der Waals surface area (Å²) in [5.74, 6) is 0.776. The predicted molar refractivity (Wildman–Crippen MR) is 114 cm³/mol. The highest BCUT2D eigenvalue weighted by atomic mass is 16.5. The Morgan fingerprint density at radius 1 is 1.21 bits per heavy atom. The zero-order valence-corrected chi connectivity index (χ0v) is 17.7. The van der Waals surface area contributed by atoms with Crippen molar-refractivity contribution in [3.05, 3.63) is 29.8 Å². The fourth-order valence-electron chi connectivity index (χ4n) is 4.07. The van der Waals surface area contributed by atoms with Gasteiger partial charge in [0.2, 0.25) is 5.91 Å². The Hall–Kier alpha value is -2.12. The highest BCUT2D eigenvalue weighted by molar-refractivity contribution is 5.89. The lowest BCUT2D eigenvalue weighted by molar-refractivity contribution is -0.128. The van der Waals surface area contributed by atoms with Gasteiger partial charge in [-0.2, -0.15) is 0 Å².